The number of rotatable bonds is 6. The van der Waals surface area contributed by atoms with Crippen LogP contribution in [0, 0.1) is 33.5 Å². The molecule has 1 unspecified atom stereocenters. The van der Waals surface area contributed by atoms with E-state index in [-0.39, 0.29) is 17.8 Å². The van der Waals surface area contributed by atoms with E-state index in [2.05, 4.69) is 15.5 Å². The van der Waals surface area contributed by atoms with Gasteiger partial charge in [-0.1, -0.05) is 6.92 Å². The van der Waals surface area contributed by atoms with E-state index in [4.69, 9.17) is 0 Å². The van der Waals surface area contributed by atoms with Gasteiger partial charge in [-0.25, -0.2) is 9.07 Å². The van der Waals surface area contributed by atoms with Crippen molar-refractivity contribution in [3.05, 3.63) is 64.5 Å². The molecular formula is C21H26FN5O. The summed E-state index contributed by atoms with van der Waals surface area (Å²) in [5.74, 6) is -0.352. The van der Waals surface area contributed by atoms with Crippen LogP contribution in [0.5, 0.6) is 0 Å². The van der Waals surface area contributed by atoms with Crippen LogP contribution >= 0.6 is 0 Å². The molecule has 1 amide bonds. The molecule has 1 N–H and O–H groups in total. The van der Waals surface area contributed by atoms with Crippen LogP contribution in [0.3, 0.4) is 0 Å². The van der Waals surface area contributed by atoms with Gasteiger partial charge in [0.2, 0.25) is 5.91 Å². The standard InChI is InChI=1S/C21H26FN5O/c1-6-20(26-14(3)11-13(2)24-26)21(28)23-12-19-15(4)25-27(16(19)5)18-9-7-17(22)8-10-18/h7-11,20H,6,12H2,1-5H3,(H,23,28). The van der Waals surface area contributed by atoms with Crippen LogP contribution in [0.2, 0.25) is 0 Å². The number of hydrogen-bond donors (Lipinski definition) is 1. The SMILES string of the molecule is CCC(C(=O)NCc1c(C)nn(-c2ccc(F)cc2)c1C)n1nc(C)cc1C. The highest BCUT2D eigenvalue weighted by atomic mass is 19.1. The summed E-state index contributed by atoms with van der Waals surface area (Å²) in [4.78, 5) is 12.8. The van der Waals surface area contributed by atoms with E-state index < -0.39 is 0 Å². The number of nitrogens with zero attached hydrogens (tertiary/aromatic N) is 4. The topological polar surface area (TPSA) is 64.7 Å². The molecule has 28 heavy (non-hydrogen) atoms. The maximum absolute atomic E-state index is 13.2. The molecule has 0 aliphatic heterocycles. The zero-order chi connectivity index (χ0) is 20.4. The molecule has 1 atom stereocenters. The van der Waals surface area contributed by atoms with Crippen LogP contribution in [-0.2, 0) is 11.3 Å². The fourth-order valence-electron chi connectivity index (χ4n) is 3.49. The molecule has 0 saturated carbocycles. The Bertz CT molecular complexity index is 987. The van der Waals surface area contributed by atoms with Crippen LogP contribution in [0.25, 0.3) is 5.69 Å². The first kappa shape index (κ1) is 19.8. The Hall–Kier alpha value is -2.96. The summed E-state index contributed by atoms with van der Waals surface area (Å²) in [5.41, 5.74) is 5.37. The molecule has 0 aliphatic carbocycles. The average Bonchev–Trinajstić information content (AvgIpc) is 3.13. The normalized spacial score (nSPS) is 12.2. The molecule has 1 aromatic carbocycles. The van der Waals surface area contributed by atoms with Crippen molar-refractivity contribution in [2.24, 2.45) is 0 Å². The number of aromatic nitrogens is 4. The first-order valence-electron chi connectivity index (χ1n) is 9.43. The number of nitrogens with one attached hydrogen (secondary N) is 1. The quantitative estimate of drug-likeness (QED) is 0.706. The molecule has 148 valence electrons. The van der Waals surface area contributed by atoms with Gasteiger partial charge in [0.1, 0.15) is 11.9 Å². The van der Waals surface area contributed by atoms with Gasteiger partial charge in [-0.3, -0.25) is 9.48 Å². The second kappa shape index (κ2) is 7.96. The van der Waals surface area contributed by atoms with Gasteiger partial charge in [0.15, 0.2) is 0 Å². The lowest BCUT2D eigenvalue weighted by Crippen LogP contribution is -2.33. The highest BCUT2D eigenvalue weighted by Crippen LogP contribution is 2.19. The lowest BCUT2D eigenvalue weighted by Gasteiger charge is -2.17. The van der Waals surface area contributed by atoms with E-state index >= 15 is 0 Å². The summed E-state index contributed by atoms with van der Waals surface area (Å²) in [6.07, 6.45) is 0.653. The van der Waals surface area contributed by atoms with Crippen molar-refractivity contribution in [1.82, 2.24) is 24.9 Å². The Morgan fingerprint density at radius 2 is 1.82 bits per heavy atom. The van der Waals surface area contributed by atoms with E-state index in [1.807, 2.05) is 40.7 Å². The van der Waals surface area contributed by atoms with Gasteiger partial charge in [0, 0.05) is 23.5 Å². The fourth-order valence-corrected chi connectivity index (χ4v) is 3.49. The molecule has 2 aromatic heterocycles. The second-order valence-electron chi connectivity index (χ2n) is 7.05. The van der Waals surface area contributed by atoms with Crippen LogP contribution in [-0.4, -0.2) is 25.5 Å². The Balaban J connectivity index is 1.78. The first-order chi connectivity index (χ1) is 13.3. The molecule has 0 radical (unpaired) electrons. The number of amides is 1. The number of carbonyl (C=O) groups is 1. The van der Waals surface area contributed by atoms with Crippen LogP contribution in [0.15, 0.2) is 30.3 Å². The lowest BCUT2D eigenvalue weighted by molar-refractivity contribution is -0.124. The first-order valence-corrected chi connectivity index (χ1v) is 9.43. The van der Waals surface area contributed by atoms with Gasteiger partial charge in [0.05, 0.1) is 17.1 Å². The molecule has 0 bridgehead atoms. The Labute approximate surface area is 164 Å². The Morgan fingerprint density at radius 1 is 1.14 bits per heavy atom. The minimum Gasteiger partial charge on any atom is -0.350 e. The van der Waals surface area contributed by atoms with Crippen molar-refractivity contribution in [1.29, 1.82) is 0 Å². The zero-order valence-electron chi connectivity index (χ0n) is 17.0. The van der Waals surface area contributed by atoms with E-state index in [1.165, 1.54) is 12.1 Å². The van der Waals surface area contributed by atoms with Crippen molar-refractivity contribution in [3.63, 3.8) is 0 Å². The summed E-state index contributed by atoms with van der Waals surface area (Å²) in [7, 11) is 0. The number of hydrogen-bond acceptors (Lipinski definition) is 3. The summed E-state index contributed by atoms with van der Waals surface area (Å²) in [5, 5.41) is 12.0. The molecule has 7 heteroatoms. The predicted molar refractivity (Wildman–Crippen MR) is 106 cm³/mol. The molecule has 3 rings (SSSR count). The van der Waals surface area contributed by atoms with Crippen molar-refractivity contribution in [2.75, 3.05) is 0 Å². The van der Waals surface area contributed by atoms with E-state index in [9.17, 15) is 9.18 Å². The third-order valence-corrected chi connectivity index (χ3v) is 4.98. The lowest BCUT2D eigenvalue weighted by atomic mass is 10.1. The molecular weight excluding hydrogens is 357 g/mol. The molecule has 0 fully saturated rings. The van der Waals surface area contributed by atoms with Crippen LogP contribution < -0.4 is 5.32 Å². The van der Waals surface area contributed by atoms with Crippen molar-refractivity contribution in [3.8, 4) is 5.69 Å². The zero-order valence-corrected chi connectivity index (χ0v) is 17.0. The minimum atomic E-state index is -0.346. The Morgan fingerprint density at radius 3 is 2.39 bits per heavy atom. The third-order valence-electron chi connectivity index (χ3n) is 4.98. The molecule has 6 nitrogen and oxygen atoms in total. The highest BCUT2D eigenvalue weighted by Gasteiger charge is 2.22. The largest absolute Gasteiger partial charge is 0.350 e. The highest BCUT2D eigenvalue weighted by molar-refractivity contribution is 5.80. The molecule has 0 aliphatic rings. The van der Waals surface area contributed by atoms with Gasteiger partial charge in [0.25, 0.3) is 0 Å². The Kier molecular flexibility index (Phi) is 5.63. The summed E-state index contributed by atoms with van der Waals surface area (Å²) >= 11 is 0. The van der Waals surface area contributed by atoms with E-state index in [0.717, 1.165) is 34.0 Å². The van der Waals surface area contributed by atoms with E-state index in [1.54, 1.807) is 21.5 Å². The van der Waals surface area contributed by atoms with Crippen LogP contribution in [0.4, 0.5) is 4.39 Å². The average molecular weight is 383 g/mol. The van der Waals surface area contributed by atoms with Crippen LogP contribution in [0.1, 0.15) is 47.7 Å². The molecule has 3 aromatic rings. The maximum atomic E-state index is 13.2. The minimum absolute atomic E-state index is 0.0676. The number of aryl methyl sites for hydroxylation is 3. The third kappa shape index (κ3) is 3.83. The van der Waals surface area contributed by atoms with Crippen molar-refractivity contribution in [2.45, 2.75) is 53.6 Å². The monoisotopic (exact) mass is 383 g/mol. The molecule has 0 saturated heterocycles. The summed E-state index contributed by atoms with van der Waals surface area (Å²) < 4.78 is 16.7. The van der Waals surface area contributed by atoms with E-state index in [0.29, 0.717) is 13.0 Å². The number of benzene rings is 1. The smallest absolute Gasteiger partial charge is 0.245 e. The predicted octanol–water partition coefficient (Wildman–Crippen LogP) is 3.71. The number of halogens is 1. The second-order valence-corrected chi connectivity index (χ2v) is 7.05. The maximum Gasteiger partial charge on any atom is 0.245 e. The summed E-state index contributed by atoms with van der Waals surface area (Å²) in [6, 6.07) is 7.82. The van der Waals surface area contributed by atoms with Crippen molar-refractivity contribution >= 4 is 5.91 Å². The molecule has 2 heterocycles. The van der Waals surface area contributed by atoms with Gasteiger partial charge >= 0.3 is 0 Å². The summed E-state index contributed by atoms with van der Waals surface area (Å²) in [6.45, 7) is 10.1. The fraction of sp³-hybridized carbons (Fsp3) is 0.381. The van der Waals surface area contributed by atoms with Gasteiger partial charge in [-0.15, -0.1) is 0 Å². The molecule has 0 spiro atoms. The van der Waals surface area contributed by atoms with Gasteiger partial charge in [-0.2, -0.15) is 10.2 Å². The van der Waals surface area contributed by atoms with Gasteiger partial charge < -0.3 is 5.32 Å². The number of carbonyl (C=O) groups excluding carboxylic acids is 1. The van der Waals surface area contributed by atoms with Gasteiger partial charge in [-0.05, 0) is 64.4 Å². The van der Waals surface area contributed by atoms with Crippen molar-refractivity contribution < 1.29 is 9.18 Å².